The molecule has 2 rings (SSSR count). The number of hydrogen-bond donors (Lipinski definition) is 0. The average Bonchev–Trinajstić information content (AvgIpc) is 2.92. The van der Waals surface area contributed by atoms with Gasteiger partial charge < -0.3 is 9.15 Å². The van der Waals surface area contributed by atoms with Gasteiger partial charge in [0.2, 0.25) is 5.89 Å². The number of rotatable bonds is 4. The molecule has 0 radical (unpaired) electrons. The van der Waals surface area contributed by atoms with Crippen LogP contribution in [0.4, 0.5) is 0 Å². The Kier molecular flexibility index (Phi) is 3.52. The zero-order chi connectivity index (χ0) is 13.0. The van der Waals surface area contributed by atoms with E-state index in [2.05, 4.69) is 4.98 Å². The van der Waals surface area contributed by atoms with E-state index in [9.17, 15) is 9.59 Å². The summed E-state index contributed by atoms with van der Waals surface area (Å²) in [6.07, 6.45) is 2.88. The summed E-state index contributed by atoms with van der Waals surface area (Å²) in [5.74, 6) is -1.29. The molecular formula is C13H11NO4. The Bertz CT molecular complexity index is 560. The molecule has 1 aromatic carbocycles. The zero-order valence-electron chi connectivity index (χ0n) is 9.75. The Morgan fingerprint density at radius 3 is 2.78 bits per heavy atom. The van der Waals surface area contributed by atoms with Crippen LogP contribution in [0.2, 0.25) is 0 Å². The molecule has 0 atom stereocenters. The Morgan fingerprint density at radius 2 is 2.11 bits per heavy atom. The van der Waals surface area contributed by atoms with Gasteiger partial charge in [0.1, 0.15) is 6.26 Å². The highest BCUT2D eigenvalue weighted by Crippen LogP contribution is 2.22. The molecule has 5 nitrogen and oxygen atoms in total. The minimum absolute atomic E-state index is 0.158. The molecular weight excluding hydrogens is 234 g/mol. The summed E-state index contributed by atoms with van der Waals surface area (Å²) >= 11 is 0. The Labute approximate surface area is 103 Å². The van der Waals surface area contributed by atoms with Crippen molar-refractivity contribution in [3.63, 3.8) is 0 Å². The van der Waals surface area contributed by atoms with Crippen molar-refractivity contribution in [2.75, 3.05) is 6.61 Å². The topological polar surface area (TPSA) is 69.4 Å². The van der Waals surface area contributed by atoms with Crippen molar-refractivity contribution < 1.29 is 18.7 Å². The van der Waals surface area contributed by atoms with E-state index < -0.39 is 11.8 Å². The minimum Gasteiger partial charge on any atom is -0.460 e. The van der Waals surface area contributed by atoms with Gasteiger partial charge in [-0.15, -0.1) is 0 Å². The molecule has 0 saturated heterocycles. The molecule has 0 bridgehead atoms. The van der Waals surface area contributed by atoms with Crippen molar-refractivity contribution in [2.45, 2.75) is 6.92 Å². The summed E-state index contributed by atoms with van der Waals surface area (Å²) in [4.78, 5) is 27.3. The van der Waals surface area contributed by atoms with E-state index in [-0.39, 0.29) is 12.2 Å². The first-order chi connectivity index (χ1) is 8.74. The highest BCUT2D eigenvalue weighted by Gasteiger charge is 2.22. The predicted molar refractivity (Wildman–Crippen MR) is 62.9 cm³/mol. The standard InChI is InChI=1S/C13H11NO4/c1-2-17-13(16)11(15)9-5-3-4-6-10(9)12-14-7-8-18-12/h3-8H,2H2,1H3. The molecule has 0 aliphatic rings. The van der Waals surface area contributed by atoms with Crippen LogP contribution < -0.4 is 0 Å². The first kappa shape index (κ1) is 12.0. The molecule has 18 heavy (non-hydrogen) atoms. The van der Waals surface area contributed by atoms with E-state index in [0.717, 1.165) is 0 Å². The third kappa shape index (κ3) is 2.29. The molecule has 0 unspecified atom stereocenters. The van der Waals surface area contributed by atoms with Crippen molar-refractivity contribution in [1.82, 2.24) is 4.98 Å². The molecule has 0 aliphatic carbocycles. The van der Waals surface area contributed by atoms with Gasteiger partial charge in [-0.1, -0.05) is 12.1 Å². The molecule has 0 N–H and O–H groups in total. The molecule has 0 spiro atoms. The number of carbonyl (C=O) groups is 2. The van der Waals surface area contributed by atoms with Crippen LogP contribution in [-0.4, -0.2) is 23.3 Å². The van der Waals surface area contributed by atoms with Gasteiger partial charge in [-0.3, -0.25) is 4.79 Å². The van der Waals surface area contributed by atoms with E-state index in [1.165, 1.54) is 12.5 Å². The van der Waals surface area contributed by atoms with Crippen LogP contribution in [0.25, 0.3) is 11.5 Å². The molecule has 0 aliphatic heterocycles. The van der Waals surface area contributed by atoms with Gasteiger partial charge in [-0.05, 0) is 19.1 Å². The van der Waals surface area contributed by atoms with Gasteiger partial charge >= 0.3 is 5.97 Å². The van der Waals surface area contributed by atoms with Crippen molar-refractivity contribution >= 4 is 11.8 Å². The van der Waals surface area contributed by atoms with Crippen molar-refractivity contribution in [3.8, 4) is 11.5 Å². The number of esters is 1. The number of carbonyl (C=O) groups excluding carboxylic acids is 2. The molecule has 92 valence electrons. The molecule has 0 fully saturated rings. The number of oxazole rings is 1. The number of Topliss-reactive ketones (excluding diaryl/α,β-unsaturated/α-hetero) is 1. The summed E-state index contributed by atoms with van der Waals surface area (Å²) < 4.78 is 9.83. The van der Waals surface area contributed by atoms with Crippen molar-refractivity contribution in [1.29, 1.82) is 0 Å². The van der Waals surface area contributed by atoms with Crippen LogP contribution in [0, 0.1) is 0 Å². The number of ether oxygens (including phenoxy) is 1. The molecule has 0 amide bonds. The van der Waals surface area contributed by atoms with E-state index in [1.807, 2.05) is 0 Å². The number of nitrogens with zero attached hydrogens (tertiary/aromatic N) is 1. The lowest BCUT2D eigenvalue weighted by atomic mass is 10.0. The fourth-order valence-corrected chi connectivity index (χ4v) is 1.53. The van der Waals surface area contributed by atoms with E-state index in [4.69, 9.17) is 9.15 Å². The number of hydrogen-bond acceptors (Lipinski definition) is 5. The van der Waals surface area contributed by atoms with Gasteiger partial charge in [-0.2, -0.15) is 0 Å². The van der Waals surface area contributed by atoms with Gasteiger partial charge in [0.25, 0.3) is 5.78 Å². The Balaban J connectivity index is 2.40. The smallest absolute Gasteiger partial charge is 0.379 e. The first-order valence-corrected chi connectivity index (χ1v) is 5.44. The molecule has 2 aromatic rings. The van der Waals surface area contributed by atoms with E-state index >= 15 is 0 Å². The fourth-order valence-electron chi connectivity index (χ4n) is 1.53. The Hall–Kier alpha value is -2.43. The molecule has 0 saturated carbocycles. The van der Waals surface area contributed by atoms with Gasteiger partial charge in [-0.25, -0.2) is 9.78 Å². The normalized spacial score (nSPS) is 10.1. The molecule has 1 aromatic heterocycles. The van der Waals surface area contributed by atoms with Crippen molar-refractivity contribution in [3.05, 3.63) is 42.3 Å². The number of aromatic nitrogens is 1. The van der Waals surface area contributed by atoms with Gasteiger partial charge in [0, 0.05) is 11.1 Å². The second-order valence-corrected chi connectivity index (χ2v) is 3.43. The van der Waals surface area contributed by atoms with E-state index in [0.29, 0.717) is 11.5 Å². The maximum Gasteiger partial charge on any atom is 0.379 e. The zero-order valence-corrected chi connectivity index (χ0v) is 9.75. The second kappa shape index (κ2) is 5.27. The largest absolute Gasteiger partial charge is 0.460 e. The summed E-state index contributed by atoms with van der Waals surface area (Å²) in [5, 5.41) is 0. The minimum atomic E-state index is -0.878. The molecule has 1 heterocycles. The predicted octanol–water partition coefficient (Wildman–Crippen LogP) is 2.09. The summed E-state index contributed by atoms with van der Waals surface area (Å²) in [6, 6.07) is 6.61. The van der Waals surface area contributed by atoms with Gasteiger partial charge in [0.05, 0.1) is 12.8 Å². The van der Waals surface area contributed by atoms with Crippen LogP contribution in [-0.2, 0) is 9.53 Å². The lowest BCUT2D eigenvalue weighted by Gasteiger charge is -2.04. The highest BCUT2D eigenvalue weighted by atomic mass is 16.5. The Morgan fingerprint density at radius 1 is 1.33 bits per heavy atom. The number of benzene rings is 1. The van der Waals surface area contributed by atoms with Crippen LogP contribution in [0.15, 0.2) is 41.1 Å². The van der Waals surface area contributed by atoms with Crippen LogP contribution in [0.1, 0.15) is 17.3 Å². The van der Waals surface area contributed by atoms with E-state index in [1.54, 1.807) is 31.2 Å². The highest BCUT2D eigenvalue weighted by molar-refractivity contribution is 6.41. The van der Waals surface area contributed by atoms with Gasteiger partial charge in [0.15, 0.2) is 0 Å². The monoisotopic (exact) mass is 245 g/mol. The van der Waals surface area contributed by atoms with Crippen LogP contribution in [0.5, 0.6) is 0 Å². The maximum absolute atomic E-state index is 11.9. The third-order valence-corrected chi connectivity index (χ3v) is 2.30. The quantitative estimate of drug-likeness (QED) is 0.468. The average molecular weight is 245 g/mol. The SMILES string of the molecule is CCOC(=O)C(=O)c1ccccc1-c1ncco1. The summed E-state index contributed by atoms with van der Waals surface area (Å²) in [7, 11) is 0. The first-order valence-electron chi connectivity index (χ1n) is 5.44. The lowest BCUT2D eigenvalue weighted by Crippen LogP contribution is -2.18. The second-order valence-electron chi connectivity index (χ2n) is 3.43. The fraction of sp³-hybridized carbons (Fsp3) is 0.154. The lowest BCUT2D eigenvalue weighted by molar-refractivity contribution is -0.137. The number of ketones is 1. The summed E-state index contributed by atoms with van der Waals surface area (Å²) in [6.45, 7) is 1.80. The molecule has 5 heteroatoms. The maximum atomic E-state index is 11.9. The van der Waals surface area contributed by atoms with Crippen LogP contribution in [0.3, 0.4) is 0 Å². The van der Waals surface area contributed by atoms with Crippen LogP contribution >= 0.6 is 0 Å². The van der Waals surface area contributed by atoms with Crippen molar-refractivity contribution in [2.24, 2.45) is 0 Å². The summed E-state index contributed by atoms with van der Waals surface area (Å²) in [5.41, 5.74) is 0.693. The third-order valence-electron chi connectivity index (χ3n) is 2.30.